The molecule has 3 aromatic rings. The van der Waals surface area contributed by atoms with E-state index in [1.165, 1.54) is 0 Å². The molecule has 0 aliphatic carbocycles. The van der Waals surface area contributed by atoms with Crippen molar-refractivity contribution in [2.24, 2.45) is 0 Å². The molecule has 0 saturated carbocycles. The fourth-order valence-electron chi connectivity index (χ4n) is 2.16. The summed E-state index contributed by atoms with van der Waals surface area (Å²) in [6.07, 6.45) is 6.31. The van der Waals surface area contributed by atoms with Crippen LogP contribution in [0.1, 0.15) is 18.0 Å². The van der Waals surface area contributed by atoms with Gasteiger partial charge in [-0.25, -0.2) is 0 Å². The van der Waals surface area contributed by atoms with Gasteiger partial charge in [-0.15, -0.1) is 0 Å². The van der Waals surface area contributed by atoms with Gasteiger partial charge in [0.25, 0.3) is 0 Å². The average Bonchev–Trinajstić information content (AvgIpc) is 3.11. The van der Waals surface area contributed by atoms with Crippen LogP contribution in [0.15, 0.2) is 53.4 Å². The Hall–Kier alpha value is -3.09. The van der Waals surface area contributed by atoms with E-state index in [0.29, 0.717) is 37.5 Å². The number of carbonyl (C=O) groups excluding carboxylic acids is 1. The zero-order chi connectivity index (χ0) is 16.6. The lowest BCUT2D eigenvalue weighted by Crippen LogP contribution is -2.26. The highest BCUT2D eigenvalue weighted by atomic mass is 16.5. The number of nitrogens with zero attached hydrogens (tertiary/aromatic N) is 4. The standard InChI is InChI=1S/C17H17N5O2/c23-15(20-9-8-14-12-18-10-11-19-14)6-7-16-21-17(22-24-16)13-4-2-1-3-5-13/h1-5,10-12H,6-9H2,(H,20,23). The normalized spacial score (nSPS) is 10.5. The summed E-state index contributed by atoms with van der Waals surface area (Å²) in [5, 5.41) is 6.78. The lowest BCUT2D eigenvalue weighted by molar-refractivity contribution is -0.121. The van der Waals surface area contributed by atoms with Gasteiger partial charge in [0, 0.05) is 50.0 Å². The van der Waals surface area contributed by atoms with Crippen LogP contribution >= 0.6 is 0 Å². The third-order valence-electron chi connectivity index (χ3n) is 3.39. The van der Waals surface area contributed by atoms with Crippen LogP contribution in [0, 0.1) is 0 Å². The maximum atomic E-state index is 11.8. The number of hydrogen-bond donors (Lipinski definition) is 1. The Morgan fingerprint density at radius 1 is 1.12 bits per heavy atom. The van der Waals surface area contributed by atoms with Gasteiger partial charge in [0.2, 0.25) is 17.6 Å². The number of nitrogens with one attached hydrogen (secondary N) is 1. The largest absolute Gasteiger partial charge is 0.356 e. The summed E-state index contributed by atoms with van der Waals surface area (Å²) in [6, 6.07) is 9.57. The summed E-state index contributed by atoms with van der Waals surface area (Å²) < 4.78 is 5.18. The molecule has 0 spiro atoms. The van der Waals surface area contributed by atoms with E-state index < -0.39 is 0 Å². The van der Waals surface area contributed by atoms with Gasteiger partial charge in [-0.1, -0.05) is 35.5 Å². The van der Waals surface area contributed by atoms with Crippen molar-refractivity contribution in [1.82, 2.24) is 25.4 Å². The van der Waals surface area contributed by atoms with Gasteiger partial charge in [0.15, 0.2) is 0 Å². The predicted molar refractivity (Wildman–Crippen MR) is 86.8 cm³/mol. The first-order chi connectivity index (χ1) is 11.8. The smallest absolute Gasteiger partial charge is 0.227 e. The molecule has 0 radical (unpaired) electrons. The van der Waals surface area contributed by atoms with Crippen LogP contribution < -0.4 is 5.32 Å². The van der Waals surface area contributed by atoms with Crippen LogP contribution in [-0.2, 0) is 17.6 Å². The molecule has 1 aromatic carbocycles. The van der Waals surface area contributed by atoms with E-state index in [0.717, 1.165) is 11.3 Å². The predicted octanol–water partition coefficient (Wildman–Crippen LogP) is 1.82. The molecule has 3 rings (SSSR count). The Balaban J connectivity index is 1.42. The number of carbonyl (C=O) groups is 1. The van der Waals surface area contributed by atoms with Crippen LogP contribution in [0.3, 0.4) is 0 Å². The molecule has 24 heavy (non-hydrogen) atoms. The highest BCUT2D eigenvalue weighted by Gasteiger charge is 2.10. The third kappa shape index (κ3) is 4.45. The van der Waals surface area contributed by atoms with Crippen molar-refractivity contribution in [2.75, 3.05) is 6.54 Å². The molecule has 0 fully saturated rings. The second-order valence-corrected chi connectivity index (χ2v) is 5.17. The lowest BCUT2D eigenvalue weighted by Gasteiger charge is -2.03. The molecule has 0 unspecified atom stereocenters. The second kappa shape index (κ2) is 7.96. The Kier molecular flexibility index (Phi) is 5.24. The molecule has 1 N–H and O–H groups in total. The number of amides is 1. The minimum atomic E-state index is -0.0571. The fraction of sp³-hybridized carbons (Fsp3) is 0.235. The van der Waals surface area contributed by atoms with Crippen LogP contribution in [0.25, 0.3) is 11.4 Å². The van der Waals surface area contributed by atoms with E-state index in [-0.39, 0.29) is 5.91 Å². The maximum absolute atomic E-state index is 11.8. The highest BCUT2D eigenvalue weighted by molar-refractivity contribution is 5.76. The van der Waals surface area contributed by atoms with Gasteiger partial charge in [-0.3, -0.25) is 14.8 Å². The van der Waals surface area contributed by atoms with E-state index in [9.17, 15) is 4.79 Å². The van der Waals surface area contributed by atoms with Crippen molar-refractivity contribution >= 4 is 5.91 Å². The topological polar surface area (TPSA) is 93.8 Å². The Labute approximate surface area is 139 Å². The molecular formula is C17H17N5O2. The Morgan fingerprint density at radius 2 is 2.00 bits per heavy atom. The summed E-state index contributed by atoms with van der Waals surface area (Å²) in [7, 11) is 0. The molecular weight excluding hydrogens is 306 g/mol. The maximum Gasteiger partial charge on any atom is 0.227 e. The molecule has 7 heteroatoms. The second-order valence-electron chi connectivity index (χ2n) is 5.17. The molecule has 0 bridgehead atoms. The SMILES string of the molecule is O=C(CCc1nc(-c2ccccc2)no1)NCCc1cnccn1. The summed E-state index contributed by atoms with van der Waals surface area (Å²) >= 11 is 0. The van der Waals surface area contributed by atoms with Crippen LogP contribution in [-0.4, -0.2) is 32.6 Å². The quantitative estimate of drug-likeness (QED) is 0.713. The van der Waals surface area contributed by atoms with Crippen molar-refractivity contribution in [3.63, 3.8) is 0 Å². The first kappa shape index (κ1) is 15.8. The fourth-order valence-corrected chi connectivity index (χ4v) is 2.16. The number of hydrogen-bond acceptors (Lipinski definition) is 6. The molecule has 2 aromatic heterocycles. The molecule has 0 atom stereocenters. The Morgan fingerprint density at radius 3 is 2.79 bits per heavy atom. The monoisotopic (exact) mass is 323 g/mol. The van der Waals surface area contributed by atoms with Gasteiger partial charge in [-0.05, 0) is 0 Å². The first-order valence-corrected chi connectivity index (χ1v) is 7.71. The van der Waals surface area contributed by atoms with Crippen LogP contribution in [0.2, 0.25) is 0 Å². The van der Waals surface area contributed by atoms with Crippen molar-refractivity contribution in [2.45, 2.75) is 19.3 Å². The van der Waals surface area contributed by atoms with Gasteiger partial charge < -0.3 is 9.84 Å². The van der Waals surface area contributed by atoms with Crippen LogP contribution in [0.5, 0.6) is 0 Å². The zero-order valence-corrected chi connectivity index (χ0v) is 13.1. The van der Waals surface area contributed by atoms with Crippen molar-refractivity contribution in [1.29, 1.82) is 0 Å². The summed E-state index contributed by atoms with van der Waals surface area (Å²) in [4.78, 5) is 24.3. The summed E-state index contributed by atoms with van der Waals surface area (Å²) in [5.41, 5.74) is 1.74. The van der Waals surface area contributed by atoms with E-state index in [1.807, 2.05) is 30.3 Å². The highest BCUT2D eigenvalue weighted by Crippen LogP contribution is 2.15. The lowest BCUT2D eigenvalue weighted by atomic mass is 10.2. The number of aromatic nitrogens is 4. The number of rotatable bonds is 7. The Bertz CT molecular complexity index is 774. The van der Waals surface area contributed by atoms with E-state index in [4.69, 9.17) is 4.52 Å². The molecule has 0 saturated heterocycles. The number of benzene rings is 1. The van der Waals surface area contributed by atoms with Crippen molar-refractivity contribution in [3.05, 3.63) is 60.5 Å². The molecule has 0 aliphatic rings. The molecule has 1 amide bonds. The van der Waals surface area contributed by atoms with Crippen LogP contribution in [0.4, 0.5) is 0 Å². The molecule has 122 valence electrons. The van der Waals surface area contributed by atoms with Gasteiger partial charge >= 0.3 is 0 Å². The zero-order valence-electron chi connectivity index (χ0n) is 13.1. The average molecular weight is 323 g/mol. The van der Waals surface area contributed by atoms with Crippen molar-refractivity contribution < 1.29 is 9.32 Å². The van der Waals surface area contributed by atoms with Gasteiger partial charge in [0.05, 0.1) is 5.69 Å². The first-order valence-electron chi connectivity index (χ1n) is 7.71. The third-order valence-corrected chi connectivity index (χ3v) is 3.39. The van der Waals surface area contributed by atoms with E-state index >= 15 is 0 Å². The van der Waals surface area contributed by atoms with E-state index in [1.54, 1.807) is 18.6 Å². The minimum absolute atomic E-state index is 0.0571. The minimum Gasteiger partial charge on any atom is -0.356 e. The summed E-state index contributed by atoms with van der Waals surface area (Å²) in [5.74, 6) is 0.935. The summed E-state index contributed by atoms with van der Waals surface area (Å²) in [6.45, 7) is 0.524. The molecule has 0 aliphatic heterocycles. The van der Waals surface area contributed by atoms with Gasteiger partial charge in [0.1, 0.15) is 0 Å². The molecule has 2 heterocycles. The van der Waals surface area contributed by atoms with Gasteiger partial charge in [-0.2, -0.15) is 4.98 Å². The van der Waals surface area contributed by atoms with E-state index in [2.05, 4.69) is 25.4 Å². The molecule has 7 nitrogen and oxygen atoms in total. The van der Waals surface area contributed by atoms with Crippen molar-refractivity contribution in [3.8, 4) is 11.4 Å². The number of aryl methyl sites for hydroxylation is 1.